The van der Waals surface area contributed by atoms with Gasteiger partial charge in [-0.15, -0.1) is 12.4 Å². The minimum absolute atomic E-state index is 0. The molecule has 0 aliphatic carbocycles. The summed E-state index contributed by atoms with van der Waals surface area (Å²) in [6, 6.07) is 9.98. The Labute approximate surface area is 166 Å². The van der Waals surface area contributed by atoms with Crippen LogP contribution in [0, 0.1) is 25.5 Å². The van der Waals surface area contributed by atoms with Gasteiger partial charge in [-0.2, -0.15) is 0 Å². The molecule has 0 aliphatic rings. The highest BCUT2D eigenvalue weighted by molar-refractivity contribution is 5.85. The number of aryl methyl sites for hydroxylation is 2. The fourth-order valence-corrected chi connectivity index (χ4v) is 3.08. The van der Waals surface area contributed by atoms with E-state index in [1.165, 1.54) is 34.9 Å². The lowest BCUT2D eigenvalue weighted by molar-refractivity contribution is 0.0729. The highest BCUT2D eigenvalue weighted by atomic mass is 35.5. The molecule has 1 N–H and O–H groups in total. The maximum atomic E-state index is 13.8. The van der Waals surface area contributed by atoms with Crippen molar-refractivity contribution in [1.82, 2.24) is 5.32 Å². The van der Waals surface area contributed by atoms with E-state index < -0.39 is 11.6 Å². The van der Waals surface area contributed by atoms with Crippen molar-refractivity contribution in [3.63, 3.8) is 0 Å². The average Bonchev–Trinajstić information content (AvgIpc) is 2.60. The lowest BCUT2D eigenvalue weighted by Gasteiger charge is -2.24. The molecule has 0 saturated carbocycles. The zero-order valence-corrected chi connectivity index (χ0v) is 17.0. The molecule has 0 saturated heterocycles. The Hall–Kier alpha value is -1.53. The zero-order valence-electron chi connectivity index (χ0n) is 16.2. The normalized spacial score (nSPS) is 13.1. The molecule has 0 spiro atoms. The van der Waals surface area contributed by atoms with Gasteiger partial charge in [0, 0.05) is 25.1 Å². The second-order valence-corrected chi connectivity index (χ2v) is 6.50. The van der Waals surface area contributed by atoms with E-state index in [1.807, 2.05) is 13.0 Å². The van der Waals surface area contributed by atoms with Crippen LogP contribution in [0.2, 0.25) is 0 Å². The highest BCUT2D eigenvalue weighted by Gasteiger charge is 2.18. The van der Waals surface area contributed by atoms with Gasteiger partial charge in [0.15, 0.2) is 0 Å². The molecular weight excluding hydrogens is 372 g/mol. The fourth-order valence-electron chi connectivity index (χ4n) is 3.08. The van der Waals surface area contributed by atoms with Crippen LogP contribution in [0.4, 0.5) is 8.78 Å². The molecule has 6 heteroatoms. The van der Waals surface area contributed by atoms with Crippen molar-refractivity contribution in [2.24, 2.45) is 0 Å². The van der Waals surface area contributed by atoms with Crippen LogP contribution in [0.15, 0.2) is 36.4 Å². The second-order valence-electron chi connectivity index (χ2n) is 6.50. The third kappa shape index (κ3) is 6.54. The SMILES string of the molecule is COC(C)NCC(COCc1c(F)cccc1F)c1c(C)cccc1C.Cl. The Balaban J connectivity index is 0.00000364. The van der Waals surface area contributed by atoms with Crippen LogP contribution in [0.3, 0.4) is 0 Å². The first-order chi connectivity index (χ1) is 12.4. The monoisotopic (exact) mass is 399 g/mol. The van der Waals surface area contributed by atoms with Crippen molar-refractivity contribution in [1.29, 1.82) is 0 Å². The van der Waals surface area contributed by atoms with Crippen LogP contribution in [0.1, 0.15) is 35.1 Å². The van der Waals surface area contributed by atoms with Crippen LogP contribution < -0.4 is 5.32 Å². The highest BCUT2D eigenvalue weighted by Crippen LogP contribution is 2.25. The number of hydrogen-bond donors (Lipinski definition) is 1. The van der Waals surface area contributed by atoms with Gasteiger partial charge >= 0.3 is 0 Å². The topological polar surface area (TPSA) is 30.5 Å². The molecule has 0 heterocycles. The summed E-state index contributed by atoms with van der Waals surface area (Å²) in [6.07, 6.45) is -0.0918. The summed E-state index contributed by atoms with van der Waals surface area (Å²) in [5.41, 5.74) is 3.49. The van der Waals surface area contributed by atoms with E-state index in [1.54, 1.807) is 7.11 Å². The third-order valence-corrected chi connectivity index (χ3v) is 4.58. The van der Waals surface area contributed by atoms with E-state index in [4.69, 9.17) is 9.47 Å². The van der Waals surface area contributed by atoms with E-state index in [9.17, 15) is 8.78 Å². The van der Waals surface area contributed by atoms with Gasteiger partial charge < -0.3 is 9.47 Å². The predicted octanol–water partition coefficient (Wildman–Crippen LogP) is 4.89. The van der Waals surface area contributed by atoms with Gasteiger partial charge in [0.2, 0.25) is 0 Å². The molecule has 0 fully saturated rings. The van der Waals surface area contributed by atoms with E-state index >= 15 is 0 Å². The molecule has 0 aromatic heterocycles. The van der Waals surface area contributed by atoms with Crippen molar-refractivity contribution in [3.8, 4) is 0 Å². The van der Waals surface area contributed by atoms with Gasteiger partial charge in [-0.3, -0.25) is 5.32 Å². The Bertz CT molecular complexity index is 687. The summed E-state index contributed by atoms with van der Waals surface area (Å²) in [4.78, 5) is 0. The number of methoxy groups -OCH3 is 1. The largest absolute Gasteiger partial charge is 0.376 e. The molecule has 27 heavy (non-hydrogen) atoms. The van der Waals surface area contributed by atoms with Crippen LogP contribution in [-0.4, -0.2) is 26.5 Å². The van der Waals surface area contributed by atoms with Crippen LogP contribution >= 0.6 is 12.4 Å². The van der Waals surface area contributed by atoms with Crippen molar-refractivity contribution < 1.29 is 18.3 Å². The average molecular weight is 400 g/mol. The molecule has 2 rings (SSSR count). The maximum Gasteiger partial charge on any atom is 0.131 e. The second kappa shape index (κ2) is 11.3. The Kier molecular flexibility index (Phi) is 9.88. The van der Waals surface area contributed by atoms with E-state index in [0.29, 0.717) is 13.2 Å². The van der Waals surface area contributed by atoms with Crippen molar-refractivity contribution in [2.75, 3.05) is 20.3 Å². The van der Waals surface area contributed by atoms with E-state index in [0.717, 1.165) is 0 Å². The smallest absolute Gasteiger partial charge is 0.131 e. The first kappa shape index (κ1) is 23.5. The Morgan fingerprint density at radius 3 is 2.11 bits per heavy atom. The number of ether oxygens (including phenoxy) is 2. The quantitative estimate of drug-likeness (QED) is 0.609. The lowest BCUT2D eigenvalue weighted by atomic mass is 9.91. The standard InChI is InChI=1S/C21H27F2NO2.ClH/c1-14-7-5-8-15(2)21(14)17(11-24-16(3)25-4)12-26-13-18-19(22)9-6-10-20(18)23;/h5-10,16-17,24H,11-13H2,1-4H3;1H. The fraction of sp³-hybridized carbons (Fsp3) is 0.429. The van der Waals surface area contributed by atoms with E-state index in [-0.39, 0.29) is 36.7 Å². The summed E-state index contributed by atoms with van der Waals surface area (Å²) < 4.78 is 38.5. The summed E-state index contributed by atoms with van der Waals surface area (Å²) in [5, 5.41) is 3.31. The Morgan fingerprint density at radius 2 is 1.56 bits per heavy atom. The molecule has 3 nitrogen and oxygen atoms in total. The Morgan fingerprint density at radius 1 is 1.00 bits per heavy atom. The molecule has 0 radical (unpaired) electrons. The molecule has 2 atom stereocenters. The van der Waals surface area contributed by atoms with Gasteiger partial charge in [0.05, 0.1) is 13.2 Å². The molecule has 150 valence electrons. The number of hydrogen-bond acceptors (Lipinski definition) is 3. The van der Waals surface area contributed by atoms with E-state index in [2.05, 4.69) is 31.3 Å². The number of benzene rings is 2. The van der Waals surface area contributed by atoms with Crippen LogP contribution in [-0.2, 0) is 16.1 Å². The van der Waals surface area contributed by atoms with Gasteiger partial charge in [-0.05, 0) is 49.6 Å². The minimum atomic E-state index is -0.584. The minimum Gasteiger partial charge on any atom is -0.376 e. The summed E-state index contributed by atoms with van der Waals surface area (Å²) in [6.45, 7) is 6.94. The molecule has 2 aromatic carbocycles. The lowest BCUT2D eigenvalue weighted by Crippen LogP contribution is -2.33. The van der Waals surface area contributed by atoms with Gasteiger partial charge in [-0.1, -0.05) is 24.3 Å². The molecule has 2 aromatic rings. The van der Waals surface area contributed by atoms with Gasteiger partial charge in [-0.25, -0.2) is 8.78 Å². The predicted molar refractivity (Wildman–Crippen MR) is 106 cm³/mol. The van der Waals surface area contributed by atoms with Gasteiger partial charge in [0.1, 0.15) is 17.9 Å². The summed E-state index contributed by atoms with van der Waals surface area (Å²) in [5.74, 6) is -1.12. The third-order valence-electron chi connectivity index (χ3n) is 4.58. The molecular formula is C21H28ClF2NO2. The molecule has 2 unspecified atom stereocenters. The van der Waals surface area contributed by atoms with Gasteiger partial charge in [0.25, 0.3) is 0 Å². The molecule has 0 bridgehead atoms. The summed E-state index contributed by atoms with van der Waals surface area (Å²) >= 11 is 0. The number of rotatable bonds is 9. The van der Waals surface area contributed by atoms with Crippen molar-refractivity contribution in [2.45, 2.75) is 39.5 Å². The molecule has 0 amide bonds. The molecule has 0 aliphatic heterocycles. The van der Waals surface area contributed by atoms with Crippen LogP contribution in [0.25, 0.3) is 0 Å². The number of halogens is 3. The van der Waals surface area contributed by atoms with Crippen molar-refractivity contribution in [3.05, 3.63) is 70.3 Å². The summed E-state index contributed by atoms with van der Waals surface area (Å²) in [7, 11) is 1.64. The first-order valence-corrected chi connectivity index (χ1v) is 8.77. The first-order valence-electron chi connectivity index (χ1n) is 8.77. The zero-order chi connectivity index (χ0) is 19.1. The maximum absolute atomic E-state index is 13.8. The number of nitrogens with one attached hydrogen (secondary N) is 1. The van der Waals surface area contributed by atoms with Crippen molar-refractivity contribution >= 4 is 12.4 Å². The van der Waals surface area contributed by atoms with Crippen LogP contribution in [0.5, 0.6) is 0 Å².